The van der Waals surface area contributed by atoms with Crippen LogP contribution >= 0.6 is 11.8 Å². The zero-order valence-corrected chi connectivity index (χ0v) is 16.5. The summed E-state index contributed by atoms with van der Waals surface area (Å²) >= 11 is 1.26. The Labute approximate surface area is 164 Å². The van der Waals surface area contributed by atoms with Crippen molar-refractivity contribution in [2.45, 2.75) is 26.2 Å². The highest BCUT2D eigenvalue weighted by molar-refractivity contribution is 8.14. The number of hydrogen-bond donors (Lipinski definition) is 0. The van der Waals surface area contributed by atoms with Gasteiger partial charge in [0.1, 0.15) is 5.70 Å². The van der Waals surface area contributed by atoms with Crippen molar-refractivity contribution < 1.29 is 4.79 Å². The van der Waals surface area contributed by atoms with Gasteiger partial charge in [0, 0.05) is 0 Å². The summed E-state index contributed by atoms with van der Waals surface area (Å²) < 4.78 is 0. The van der Waals surface area contributed by atoms with Crippen LogP contribution in [0.15, 0.2) is 65.3 Å². The summed E-state index contributed by atoms with van der Waals surface area (Å²) in [7, 11) is 0. The number of thioether (sulfide) groups is 1. The molecule has 0 atom stereocenters. The Bertz CT molecular complexity index is 932. The fourth-order valence-electron chi connectivity index (χ4n) is 2.73. The van der Waals surface area contributed by atoms with Crippen LogP contribution in [-0.4, -0.2) is 16.8 Å². The Hall–Kier alpha value is -2.84. The Morgan fingerprint density at radius 1 is 1.11 bits per heavy atom. The molecule has 27 heavy (non-hydrogen) atoms. The number of para-hydroxylation sites is 1. The van der Waals surface area contributed by atoms with Crippen molar-refractivity contribution in [3.05, 3.63) is 71.4 Å². The van der Waals surface area contributed by atoms with Gasteiger partial charge in [0.2, 0.25) is 0 Å². The lowest BCUT2D eigenvalue weighted by atomic mass is 9.87. The number of benzene rings is 2. The molecule has 5 heteroatoms. The summed E-state index contributed by atoms with van der Waals surface area (Å²) in [6, 6.07) is 19.6. The number of nitriles is 1. The van der Waals surface area contributed by atoms with E-state index in [2.05, 4.69) is 44.0 Å². The standard InChI is InChI=1S/C22H21N3OS/c1-22(2,3)17-11-9-16(10-12-17)15-19-20(26)25(18-7-5-4-6-8-18)21(24-19)27-14-13-23/h4-12,15H,14H2,1-3H3/b19-15-. The number of nitrogens with zero attached hydrogens (tertiary/aromatic N) is 3. The third kappa shape index (κ3) is 4.29. The van der Waals surface area contributed by atoms with Crippen LogP contribution in [0.3, 0.4) is 0 Å². The molecule has 1 aliphatic rings. The maximum Gasteiger partial charge on any atom is 0.283 e. The monoisotopic (exact) mass is 375 g/mol. The van der Waals surface area contributed by atoms with Gasteiger partial charge in [-0.25, -0.2) is 4.99 Å². The molecule has 0 spiro atoms. The fourth-order valence-corrected chi connectivity index (χ4v) is 3.41. The van der Waals surface area contributed by atoms with Gasteiger partial charge in [-0.2, -0.15) is 5.26 Å². The molecule has 2 aromatic rings. The minimum Gasteiger partial charge on any atom is -0.266 e. The Kier molecular flexibility index (Phi) is 5.48. The summed E-state index contributed by atoms with van der Waals surface area (Å²) in [4.78, 5) is 19.0. The lowest BCUT2D eigenvalue weighted by Crippen LogP contribution is -2.30. The van der Waals surface area contributed by atoms with E-state index in [0.717, 1.165) is 11.3 Å². The molecule has 0 N–H and O–H groups in total. The second-order valence-electron chi connectivity index (χ2n) is 7.22. The molecule has 0 bridgehead atoms. The zero-order chi connectivity index (χ0) is 19.4. The summed E-state index contributed by atoms with van der Waals surface area (Å²) in [6.45, 7) is 6.51. The Morgan fingerprint density at radius 3 is 2.37 bits per heavy atom. The van der Waals surface area contributed by atoms with Crippen molar-refractivity contribution >= 4 is 34.6 Å². The first-order valence-corrected chi connectivity index (χ1v) is 9.69. The molecule has 2 aromatic carbocycles. The van der Waals surface area contributed by atoms with E-state index in [-0.39, 0.29) is 17.1 Å². The molecular formula is C22H21N3OS. The van der Waals surface area contributed by atoms with Crippen molar-refractivity contribution in [3.63, 3.8) is 0 Å². The van der Waals surface area contributed by atoms with Crippen LogP contribution in [0.2, 0.25) is 0 Å². The van der Waals surface area contributed by atoms with Crippen molar-refractivity contribution in [2.24, 2.45) is 4.99 Å². The summed E-state index contributed by atoms with van der Waals surface area (Å²) in [5.41, 5.74) is 3.37. The molecule has 1 amide bonds. The summed E-state index contributed by atoms with van der Waals surface area (Å²) in [6.07, 6.45) is 1.80. The highest BCUT2D eigenvalue weighted by Crippen LogP contribution is 2.29. The third-order valence-electron chi connectivity index (χ3n) is 4.19. The third-order valence-corrected chi connectivity index (χ3v) is 5.00. The van der Waals surface area contributed by atoms with Gasteiger partial charge in [-0.15, -0.1) is 0 Å². The molecule has 0 aliphatic carbocycles. The van der Waals surface area contributed by atoms with E-state index in [1.54, 1.807) is 11.0 Å². The van der Waals surface area contributed by atoms with Gasteiger partial charge in [0.25, 0.3) is 5.91 Å². The normalized spacial score (nSPS) is 15.8. The van der Waals surface area contributed by atoms with Crippen LogP contribution in [-0.2, 0) is 10.2 Å². The average molecular weight is 375 g/mol. The van der Waals surface area contributed by atoms with Crippen molar-refractivity contribution in [1.29, 1.82) is 5.26 Å². The smallest absolute Gasteiger partial charge is 0.266 e. The van der Waals surface area contributed by atoms with Gasteiger partial charge in [0.05, 0.1) is 17.5 Å². The first kappa shape index (κ1) is 18.9. The maximum absolute atomic E-state index is 13.0. The van der Waals surface area contributed by atoms with E-state index in [4.69, 9.17) is 5.26 Å². The number of hydrogen-bond acceptors (Lipinski definition) is 4. The topological polar surface area (TPSA) is 56.5 Å². The zero-order valence-electron chi connectivity index (χ0n) is 15.6. The van der Waals surface area contributed by atoms with Gasteiger partial charge >= 0.3 is 0 Å². The summed E-state index contributed by atoms with van der Waals surface area (Å²) in [5.74, 6) is 0.0600. The molecule has 0 unspecified atom stereocenters. The Balaban J connectivity index is 1.93. The molecular weight excluding hydrogens is 354 g/mol. The van der Waals surface area contributed by atoms with Gasteiger partial charge in [-0.1, -0.05) is 75.0 Å². The van der Waals surface area contributed by atoms with Crippen molar-refractivity contribution in [3.8, 4) is 6.07 Å². The van der Waals surface area contributed by atoms with Crippen LogP contribution in [0.5, 0.6) is 0 Å². The largest absolute Gasteiger partial charge is 0.283 e. The quantitative estimate of drug-likeness (QED) is 0.711. The van der Waals surface area contributed by atoms with E-state index in [1.165, 1.54) is 17.3 Å². The number of amides is 1. The molecule has 1 aliphatic heterocycles. The second-order valence-corrected chi connectivity index (χ2v) is 8.16. The van der Waals surface area contributed by atoms with Gasteiger partial charge in [-0.3, -0.25) is 9.69 Å². The van der Waals surface area contributed by atoms with E-state index < -0.39 is 0 Å². The predicted molar refractivity (Wildman–Crippen MR) is 113 cm³/mol. The molecule has 0 fully saturated rings. The SMILES string of the molecule is CC(C)(C)c1ccc(/C=C2\N=C(SCC#N)N(c3ccccc3)C2=O)cc1. The number of rotatable bonds is 3. The molecule has 0 radical (unpaired) electrons. The fraction of sp³-hybridized carbons (Fsp3) is 0.227. The van der Waals surface area contributed by atoms with Crippen LogP contribution in [0.4, 0.5) is 5.69 Å². The highest BCUT2D eigenvalue weighted by Gasteiger charge is 2.31. The number of anilines is 1. The van der Waals surface area contributed by atoms with Crippen LogP contribution in [0.25, 0.3) is 6.08 Å². The minimum atomic E-state index is -0.179. The van der Waals surface area contributed by atoms with E-state index in [9.17, 15) is 4.79 Å². The molecule has 0 saturated heterocycles. The van der Waals surface area contributed by atoms with Gasteiger partial charge in [0.15, 0.2) is 5.17 Å². The lowest BCUT2D eigenvalue weighted by Gasteiger charge is -2.18. The molecule has 4 nitrogen and oxygen atoms in total. The predicted octanol–water partition coefficient (Wildman–Crippen LogP) is 4.98. The van der Waals surface area contributed by atoms with E-state index in [1.807, 2.05) is 42.5 Å². The Morgan fingerprint density at radius 2 is 1.78 bits per heavy atom. The number of amidine groups is 1. The highest BCUT2D eigenvalue weighted by atomic mass is 32.2. The van der Waals surface area contributed by atoms with E-state index in [0.29, 0.717) is 10.9 Å². The number of carbonyl (C=O) groups is 1. The van der Waals surface area contributed by atoms with E-state index >= 15 is 0 Å². The maximum atomic E-state index is 13.0. The molecule has 1 heterocycles. The minimum absolute atomic E-state index is 0.0816. The molecule has 0 aromatic heterocycles. The first-order chi connectivity index (χ1) is 12.9. The molecule has 3 rings (SSSR count). The number of carbonyl (C=O) groups excluding carboxylic acids is 1. The number of aliphatic imine (C=N–C) groups is 1. The van der Waals surface area contributed by atoms with Gasteiger partial charge in [-0.05, 0) is 34.8 Å². The molecule has 136 valence electrons. The first-order valence-electron chi connectivity index (χ1n) is 8.70. The summed E-state index contributed by atoms with van der Waals surface area (Å²) in [5, 5.41) is 9.43. The van der Waals surface area contributed by atoms with Gasteiger partial charge < -0.3 is 0 Å². The van der Waals surface area contributed by atoms with Crippen molar-refractivity contribution in [2.75, 3.05) is 10.7 Å². The van der Waals surface area contributed by atoms with Crippen LogP contribution < -0.4 is 4.90 Å². The van der Waals surface area contributed by atoms with Crippen LogP contribution in [0.1, 0.15) is 31.9 Å². The average Bonchev–Trinajstić information content (AvgIpc) is 2.96. The second kappa shape index (κ2) is 7.81. The lowest BCUT2D eigenvalue weighted by molar-refractivity contribution is -0.113. The molecule has 0 saturated carbocycles. The van der Waals surface area contributed by atoms with Crippen LogP contribution in [0, 0.1) is 11.3 Å². The van der Waals surface area contributed by atoms with Crippen molar-refractivity contribution in [1.82, 2.24) is 0 Å².